The van der Waals surface area contributed by atoms with Gasteiger partial charge in [-0.25, -0.2) is 0 Å². The summed E-state index contributed by atoms with van der Waals surface area (Å²) in [5.74, 6) is -0.338. The van der Waals surface area contributed by atoms with E-state index in [2.05, 4.69) is 15.6 Å². The molecule has 2 N–H and O–H groups in total. The van der Waals surface area contributed by atoms with E-state index in [9.17, 15) is 9.59 Å². The van der Waals surface area contributed by atoms with Gasteiger partial charge in [-0.05, 0) is 48.9 Å². The molecule has 26 heavy (non-hydrogen) atoms. The summed E-state index contributed by atoms with van der Waals surface area (Å²) >= 11 is 0. The van der Waals surface area contributed by atoms with Crippen molar-refractivity contribution in [3.8, 4) is 0 Å². The first-order chi connectivity index (χ1) is 12.6. The average molecular weight is 349 g/mol. The highest BCUT2D eigenvalue weighted by Crippen LogP contribution is 2.18. The summed E-state index contributed by atoms with van der Waals surface area (Å²) < 4.78 is 5.08. The highest BCUT2D eigenvalue weighted by Gasteiger charge is 2.13. The van der Waals surface area contributed by atoms with Gasteiger partial charge in [-0.1, -0.05) is 12.1 Å². The monoisotopic (exact) mass is 349 g/mol. The zero-order chi connectivity index (χ0) is 18.4. The number of anilines is 1. The second-order valence-corrected chi connectivity index (χ2v) is 5.79. The van der Waals surface area contributed by atoms with Gasteiger partial charge in [0.25, 0.3) is 11.8 Å². The fraction of sp³-hybridized carbons (Fsp3) is 0.150. The van der Waals surface area contributed by atoms with Crippen LogP contribution >= 0.6 is 0 Å². The van der Waals surface area contributed by atoms with Crippen LogP contribution in [0.2, 0.25) is 0 Å². The molecule has 2 aromatic heterocycles. The van der Waals surface area contributed by atoms with E-state index >= 15 is 0 Å². The normalized spacial score (nSPS) is 10.3. The topological polar surface area (TPSA) is 84.2 Å². The molecule has 3 aromatic rings. The molecule has 6 nitrogen and oxygen atoms in total. The Labute approximate surface area is 151 Å². The fourth-order valence-electron chi connectivity index (χ4n) is 2.44. The molecule has 0 saturated heterocycles. The van der Waals surface area contributed by atoms with Crippen LogP contribution in [0.5, 0.6) is 0 Å². The first-order valence-electron chi connectivity index (χ1n) is 8.27. The highest BCUT2D eigenvalue weighted by atomic mass is 16.3. The third kappa shape index (κ3) is 4.36. The van der Waals surface area contributed by atoms with Crippen LogP contribution in [0.25, 0.3) is 0 Å². The van der Waals surface area contributed by atoms with E-state index in [0.717, 1.165) is 11.3 Å². The molecule has 0 radical (unpaired) electrons. The Bertz CT molecular complexity index is 890. The molecule has 0 bridgehead atoms. The number of carbonyl (C=O) groups excluding carboxylic acids is 2. The maximum atomic E-state index is 12.4. The molecule has 0 fully saturated rings. The smallest absolute Gasteiger partial charge is 0.291 e. The third-order valence-corrected chi connectivity index (χ3v) is 3.89. The van der Waals surface area contributed by atoms with Crippen LogP contribution in [0.1, 0.15) is 32.2 Å². The fourth-order valence-corrected chi connectivity index (χ4v) is 2.44. The van der Waals surface area contributed by atoms with Crippen LogP contribution in [-0.2, 0) is 6.42 Å². The minimum absolute atomic E-state index is 0.200. The van der Waals surface area contributed by atoms with Crippen LogP contribution in [0.15, 0.2) is 65.4 Å². The summed E-state index contributed by atoms with van der Waals surface area (Å²) in [7, 11) is 0. The summed E-state index contributed by atoms with van der Waals surface area (Å²) in [5, 5.41) is 5.63. The van der Waals surface area contributed by atoms with Crippen LogP contribution in [0.3, 0.4) is 0 Å². The van der Waals surface area contributed by atoms with E-state index in [1.165, 1.54) is 6.26 Å². The Hall–Kier alpha value is -3.41. The lowest BCUT2D eigenvalue weighted by Gasteiger charge is -2.10. The molecule has 0 atom stereocenters. The maximum Gasteiger partial charge on any atom is 0.291 e. The molecule has 2 heterocycles. The average Bonchev–Trinajstić information content (AvgIpc) is 3.19. The molecule has 3 rings (SSSR count). The summed E-state index contributed by atoms with van der Waals surface area (Å²) in [5.41, 5.74) is 2.83. The number of carbonyl (C=O) groups is 2. The summed E-state index contributed by atoms with van der Waals surface area (Å²) in [6, 6.07) is 14.1. The predicted octanol–water partition coefficient (Wildman–Crippen LogP) is 3.21. The first-order valence-corrected chi connectivity index (χ1v) is 8.27. The van der Waals surface area contributed by atoms with Gasteiger partial charge in [-0.3, -0.25) is 14.6 Å². The van der Waals surface area contributed by atoms with Crippen molar-refractivity contribution in [2.24, 2.45) is 0 Å². The molecule has 1 aromatic carbocycles. The Morgan fingerprint density at radius 2 is 1.96 bits per heavy atom. The lowest BCUT2D eigenvalue weighted by Crippen LogP contribution is -2.26. The first kappa shape index (κ1) is 17.4. The number of hydrogen-bond donors (Lipinski definition) is 2. The molecule has 0 spiro atoms. The number of rotatable bonds is 6. The number of pyridine rings is 1. The molecule has 0 unspecified atom stereocenters. The Morgan fingerprint density at radius 1 is 1.08 bits per heavy atom. The number of nitrogens with one attached hydrogen (secondary N) is 2. The largest absolute Gasteiger partial charge is 0.459 e. The molecule has 0 aliphatic carbocycles. The number of aryl methyl sites for hydroxylation is 1. The van der Waals surface area contributed by atoms with E-state index in [-0.39, 0.29) is 17.6 Å². The van der Waals surface area contributed by atoms with Crippen molar-refractivity contribution < 1.29 is 14.0 Å². The zero-order valence-corrected chi connectivity index (χ0v) is 14.4. The number of benzene rings is 1. The van der Waals surface area contributed by atoms with Gasteiger partial charge in [0.2, 0.25) is 0 Å². The van der Waals surface area contributed by atoms with Gasteiger partial charge < -0.3 is 15.1 Å². The van der Waals surface area contributed by atoms with Gasteiger partial charge in [-0.15, -0.1) is 0 Å². The van der Waals surface area contributed by atoms with Crippen molar-refractivity contribution in [2.75, 3.05) is 11.9 Å². The van der Waals surface area contributed by atoms with Crippen LogP contribution < -0.4 is 10.6 Å². The second kappa shape index (κ2) is 8.11. The standard InChI is InChI=1S/C20H19N3O3/c1-14-7-8-15(13-17(14)23-20(25)18-6-4-12-26-18)19(24)22-11-9-16-5-2-3-10-21-16/h2-8,10,12-13H,9,11H2,1H3,(H,22,24)(H,23,25). The number of aromatic nitrogens is 1. The van der Waals surface area contributed by atoms with Gasteiger partial charge in [0.15, 0.2) is 5.76 Å². The van der Waals surface area contributed by atoms with Crippen molar-refractivity contribution in [2.45, 2.75) is 13.3 Å². The van der Waals surface area contributed by atoms with E-state index in [0.29, 0.717) is 24.2 Å². The van der Waals surface area contributed by atoms with Gasteiger partial charge in [-0.2, -0.15) is 0 Å². The summed E-state index contributed by atoms with van der Waals surface area (Å²) in [6.45, 7) is 2.35. The van der Waals surface area contributed by atoms with Crippen molar-refractivity contribution in [1.29, 1.82) is 0 Å². The van der Waals surface area contributed by atoms with E-state index in [4.69, 9.17) is 4.42 Å². The Kier molecular flexibility index (Phi) is 5.43. The molecule has 132 valence electrons. The molecule has 6 heteroatoms. The summed E-state index contributed by atoms with van der Waals surface area (Å²) in [4.78, 5) is 28.7. The number of amides is 2. The van der Waals surface area contributed by atoms with Gasteiger partial charge in [0.1, 0.15) is 0 Å². The molecular formula is C20H19N3O3. The number of hydrogen-bond acceptors (Lipinski definition) is 4. The van der Waals surface area contributed by atoms with Gasteiger partial charge in [0, 0.05) is 36.1 Å². The van der Waals surface area contributed by atoms with Gasteiger partial charge >= 0.3 is 0 Å². The second-order valence-electron chi connectivity index (χ2n) is 5.79. The van der Waals surface area contributed by atoms with E-state index in [1.807, 2.05) is 25.1 Å². The number of furan rings is 1. The van der Waals surface area contributed by atoms with E-state index < -0.39 is 0 Å². The van der Waals surface area contributed by atoms with Crippen molar-refractivity contribution in [3.05, 3.63) is 83.6 Å². The highest BCUT2D eigenvalue weighted by molar-refractivity contribution is 6.03. The van der Waals surface area contributed by atoms with Crippen molar-refractivity contribution in [1.82, 2.24) is 10.3 Å². The Morgan fingerprint density at radius 3 is 2.69 bits per heavy atom. The minimum Gasteiger partial charge on any atom is -0.459 e. The third-order valence-electron chi connectivity index (χ3n) is 3.89. The van der Waals surface area contributed by atoms with Crippen LogP contribution in [0.4, 0.5) is 5.69 Å². The lowest BCUT2D eigenvalue weighted by atomic mass is 10.1. The minimum atomic E-state index is -0.356. The summed E-state index contributed by atoms with van der Waals surface area (Å²) in [6.07, 6.45) is 3.82. The molecule has 0 aliphatic heterocycles. The SMILES string of the molecule is Cc1ccc(C(=O)NCCc2ccccn2)cc1NC(=O)c1ccco1. The van der Waals surface area contributed by atoms with E-state index in [1.54, 1.807) is 36.5 Å². The molecule has 0 aliphatic rings. The van der Waals surface area contributed by atoms with Gasteiger partial charge in [0.05, 0.1) is 6.26 Å². The zero-order valence-electron chi connectivity index (χ0n) is 14.4. The maximum absolute atomic E-state index is 12.4. The quantitative estimate of drug-likeness (QED) is 0.716. The predicted molar refractivity (Wildman–Crippen MR) is 98.1 cm³/mol. The van der Waals surface area contributed by atoms with Crippen LogP contribution in [0, 0.1) is 6.92 Å². The molecule has 2 amide bonds. The van der Waals surface area contributed by atoms with Crippen molar-refractivity contribution >= 4 is 17.5 Å². The van der Waals surface area contributed by atoms with Crippen LogP contribution in [-0.4, -0.2) is 23.3 Å². The lowest BCUT2D eigenvalue weighted by molar-refractivity contribution is 0.0952. The molecule has 0 saturated carbocycles. The van der Waals surface area contributed by atoms with Crippen molar-refractivity contribution in [3.63, 3.8) is 0 Å². The number of nitrogens with zero attached hydrogens (tertiary/aromatic N) is 1. The molecular weight excluding hydrogens is 330 g/mol. The Balaban J connectivity index is 1.62.